The number of benzene rings is 4. The highest BCUT2D eigenvalue weighted by Crippen LogP contribution is 2.19. The molecule has 0 aliphatic carbocycles. The molecule has 4 aromatic rings. The molecule has 0 aromatic heterocycles. The number of para-hydroxylation sites is 2. The zero-order valence-corrected chi connectivity index (χ0v) is 21.0. The average molecular weight is 541 g/mol. The van der Waals surface area contributed by atoms with Crippen molar-refractivity contribution in [1.82, 2.24) is 5.43 Å². The number of halogens is 1. The number of carbonyl (C=O) groups is 4. The molecule has 0 atom stereocenters. The number of nitrogens with one attached hydrogen (secondary N) is 3. The summed E-state index contributed by atoms with van der Waals surface area (Å²) in [7, 11) is 0. The topological polar surface area (TPSA) is 126 Å². The molecule has 194 valence electrons. The molecule has 4 rings (SSSR count). The lowest BCUT2D eigenvalue weighted by atomic mass is 10.1. The molecule has 3 N–H and O–H groups in total. The van der Waals surface area contributed by atoms with Gasteiger partial charge >= 0.3 is 17.8 Å². The Morgan fingerprint density at radius 2 is 1.33 bits per heavy atom. The lowest BCUT2D eigenvalue weighted by Gasteiger charge is -2.11. The van der Waals surface area contributed by atoms with E-state index in [9.17, 15) is 19.2 Å². The van der Waals surface area contributed by atoms with E-state index in [1.54, 1.807) is 84.9 Å². The van der Waals surface area contributed by atoms with Crippen LogP contribution in [0.1, 0.15) is 26.3 Å². The summed E-state index contributed by atoms with van der Waals surface area (Å²) in [6, 6.07) is 28.0. The minimum absolute atomic E-state index is 0.164. The first-order valence-corrected chi connectivity index (χ1v) is 11.9. The van der Waals surface area contributed by atoms with Crippen LogP contribution in [0.15, 0.2) is 108 Å². The first-order chi connectivity index (χ1) is 18.9. The highest BCUT2D eigenvalue weighted by atomic mass is 35.5. The second-order valence-corrected chi connectivity index (χ2v) is 8.36. The van der Waals surface area contributed by atoms with Crippen LogP contribution >= 0.6 is 11.6 Å². The van der Waals surface area contributed by atoms with Gasteiger partial charge in [-0.25, -0.2) is 10.2 Å². The fourth-order valence-electron chi connectivity index (χ4n) is 3.32. The number of rotatable bonds is 7. The number of ether oxygens (including phenoxy) is 1. The molecule has 0 aliphatic heterocycles. The maximum atomic E-state index is 12.7. The van der Waals surface area contributed by atoms with Gasteiger partial charge in [-0.3, -0.25) is 14.4 Å². The normalized spacial score (nSPS) is 10.5. The smallest absolute Gasteiger partial charge is 0.345 e. The molecule has 39 heavy (non-hydrogen) atoms. The van der Waals surface area contributed by atoms with Gasteiger partial charge in [-0.2, -0.15) is 5.10 Å². The number of nitrogens with zero attached hydrogens (tertiary/aromatic N) is 1. The van der Waals surface area contributed by atoms with Gasteiger partial charge in [0, 0.05) is 5.69 Å². The highest BCUT2D eigenvalue weighted by Gasteiger charge is 2.18. The second kappa shape index (κ2) is 12.8. The summed E-state index contributed by atoms with van der Waals surface area (Å²) in [5.74, 6) is -2.80. The van der Waals surface area contributed by atoms with Crippen molar-refractivity contribution in [2.75, 3.05) is 10.6 Å². The second-order valence-electron chi connectivity index (χ2n) is 7.96. The molecule has 9 nitrogen and oxygen atoms in total. The van der Waals surface area contributed by atoms with Crippen molar-refractivity contribution in [3.05, 3.63) is 125 Å². The third kappa shape index (κ3) is 7.37. The lowest BCUT2D eigenvalue weighted by Crippen LogP contribution is -2.33. The molecule has 4 aromatic carbocycles. The lowest BCUT2D eigenvalue weighted by molar-refractivity contribution is -0.136. The molecule has 0 saturated heterocycles. The predicted octanol–water partition coefficient (Wildman–Crippen LogP) is 4.90. The van der Waals surface area contributed by atoms with Gasteiger partial charge in [0.1, 0.15) is 5.75 Å². The number of anilines is 2. The number of amides is 3. The van der Waals surface area contributed by atoms with E-state index in [-0.39, 0.29) is 27.6 Å². The molecule has 10 heteroatoms. The van der Waals surface area contributed by atoms with Crippen molar-refractivity contribution in [2.24, 2.45) is 5.10 Å². The van der Waals surface area contributed by atoms with Crippen molar-refractivity contribution in [1.29, 1.82) is 0 Å². The van der Waals surface area contributed by atoms with E-state index in [0.29, 0.717) is 11.3 Å². The molecule has 0 saturated carbocycles. The summed E-state index contributed by atoms with van der Waals surface area (Å²) in [6.45, 7) is 0. The zero-order chi connectivity index (χ0) is 27.6. The van der Waals surface area contributed by atoms with Crippen LogP contribution in [0.4, 0.5) is 11.4 Å². The minimum Gasteiger partial charge on any atom is -0.423 e. The molecule has 0 aliphatic rings. The monoisotopic (exact) mass is 540 g/mol. The fourth-order valence-corrected chi connectivity index (χ4v) is 3.53. The van der Waals surface area contributed by atoms with Gasteiger partial charge < -0.3 is 15.4 Å². The first-order valence-electron chi connectivity index (χ1n) is 11.6. The maximum Gasteiger partial charge on any atom is 0.345 e. The van der Waals surface area contributed by atoms with Crippen LogP contribution in [0.3, 0.4) is 0 Å². The molecule has 0 heterocycles. The van der Waals surface area contributed by atoms with Gasteiger partial charge in [-0.1, -0.05) is 54.1 Å². The Kier molecular flexibility index (Phi) is 8.79. The first kappa shape index (κ1) is 26.8. The number of hydrogen-bond acceptors (Lipinski definition) is 6. The SMILES string of the molecule is O=C(NN=Cc1ccc(OC(=O)c2ccccc2Cl)cc1)C(=O)Nc1ccccc1C(=O)Nc1ccccc1. The van der Waals surface area contributed by atoms with Crippen LogP contribution in [0.25, 0.3) is 0 Å². The molecular weight excluding hydrogens is 520 g/mol. The molecule has 0 fully saturated rings. The van der Waals surface area contributed by atoms with Crippen LogP contribution < -0.4 is 20.8 Å². The minimum atomic E-state index is -1.03. The molecule has 3 amide bonds. The quantitative estimate of drug-likeness (QED) is 0.101. The van der Waals surface area contributed by atoms with E-state index >= 15 is 0 Å². The van der Waals surface area contributed by atoms with Crippen LogP contribution in [0, 0.1) is 0 Å². The van der Waals surface area contributed by atoms with E-state index in [2.05, 4.69) is 21.2 Å². The van der Waals surface area contributed by atoms with Crippen LogP contribution in [-0.4, -0.2) is 29.9 Å². The molecular formula is C29H21ClN4O5. The maximum absolute atomic E-state index is 12.7. The average Bonchev–Trinajstić information content (AvgIpc) is 2.95. The predicted molar refractivity (Wildman–Crippen MR) is 148 cm³/mol. The van der Waals surface area contributed by atoms with Gasteiger partial charge in [0.2, 0.25) is 0 Å². The number of carbonyl (C=O) groups excluding carboxylic acids is 4. The Morgan fingerprint density at radius 3 is 2.05 bits per heavy atom. The van der Waals surface area contributed by atoms with E-state index in [0.717, 1.165) is 0 Å². The van der Waals surface area contributed by atoms with Crippen LogP contribution in [0.2, 0.25) is 5.02 Å². The number of hydrazone groups is 1. The Hall–Kier alpha value is -5.28. The van der Waals surface area contributed by atoms with Gasteiger partial charge in [0.15, 0.2) is 0 Å². The molecule has 0 unspecified atom stereocenters. The summed E-state index contributed by atoms with van der Waals surface area (Å²) in [6.07, 6.45) is 1.31. The van der Waals surface area contributed by atoms with E-state index < -0.39 is 23.7 Å². The van der Waals surface area contributed by atoms with E-state index in [1.165, 1.54) is 18.3 Å². The third-order valence-corrected chi connectivity index (χ3v) is 5.55. The largest absolute Gasteiger partial charge is 0.423 e. The van der Waals surface area contributed by atoms with Crippen LogP contribution in [0.5, 0.6) is 5.75 Å². The Bertz CT molecular complexity index is 1540. The Labute approximate surface area is 228 Å². The van der Waals surface area contributed by atoms with Crippen molar-refractivity contribution in [2.45, 2.75) is 0 Å². The Morgan fingerprint density at radius 1 is 0.692 bits per heavy atom. The summed E-state index contributed by atoms with van der Waals surface area (Å²) >= 11 is 6.01. The van der Waals surface area contributed by atoms with E-state index in [1.807, 2.05) is 6.07 Å². The van der Waals surface area contributed by atoms with Crippen molar-refractivity contribution < 1.29 is 23.9 Å². The van der Waals surface area contributed by atoms with Gasteiger partial charge in [0.25, 0.3) is 5.91 Å². The number of hydrogen-bond donors (Lipinski definition) is 3. The standard InChI is InChI=1S/C29H21ClN4O5/c30-24-12-6-4-10-22(24)29(38)39-21-16-14-19(15-17-21)18-31-34-28(37)27(36)33-25-13-7-5-11-23(25)26(35)32-20-8-2-1-3-9-20/h1-18H,(H,32,35)(H,33,36)(H,34,37). The number of esters is 1. The van der Waals surface area contributed by atoms with Gasteiger partial charge in [-0.05, 0) is 66.2 Å². The Balaban J connectivity index is 1.31. The molecule has 0 spiro atoms. The van der Waals surface area contributed by atoms with Crippen molar-refractivity contribution in [3.63, 3.8) is 0 Å². The zero-order valence-electron chi connectivity index (χ0n) is 20.3. The summed E-state index contributed by atoms with van der Waals surface area (Å²) in [5, 5.41) is 9.22. The van der Waals surface area contributed by atoms with Crippen molar-refractivity contribution >= 4 is 52.9 Å². The van der Waals surface area contributed by atoms with Crippen LogP contribution in [-0.2, 0) is 9.59 Å². The molecule has 0 bridgehead atoms. The third-order valence-electron chi connectivity index (χ3n) is 5.22. The highest BCUT2D eigenvalue weighted by molar-refractivity contribution is 6.40. The van der Waals surface area contributed by atoms with Gasteiger partial charge in [-0.15, -0.1) is 0 Å². The van der Waals surface area contributed by atoms with Gasteiger partial charge in [0.05, 0.1) is 28.1 Å². The fraction of sp³-hybridized carbons (Fsp3) is 0. The summed E-state index contributed by atoms with van der Waals surface area (Å²) in [4.78, 5) is 49.6. The van der Waals surface area contributed by atoms with E-state index in [4.69, 9.17) is 16.3 Å². The summed E-state index contributed by atoms with van der Waals surface area (Å²) < 4.78 is 5.31. The van der Waals surface area contributed by atoms with Crippen molar-refractivity contribution in [3.8, 4) is 5.75 Å². The molecule has 0 radical (unpaired) electrons. The summed E-state index contributed by atoms with van der Waals surface area (Å²) in [5.41, 5.74) is 3.87.